The predicted octanol–water partition coefficient (Wildman–Crippen LogP) is 4.66. The molecule has 0 bridgehead atoms. The molecule has 2 aromatic carbocycles. The van der Waals surface area contributed by atoms with Crippen molar-refractivity contribution >= 4 is 11.7 Å². The van der Waals surface area contributed by atoms with Gasteiger partial charge in [-0.25, -0.2) is 9.18 Å². The Morgan fingerprint density at radius 2 is 2.04 bits per heavy atom. The van der Waals surface area contributed by atoms with Gasteiger partial charge in [0.1, 0.15) is 5.82 Å². The summed E-state index contributed by atoms with van der Waals surface area (Å²) in [4.78, 5) is 11.7. The molecule has 2 N–H and O–H groups in total. The standard InChI is InChI=1S/C20H18FNO2/c1-11-9-10-15(20(23)24)17-12-6-4-7-13(12)19(22-18(11)17)14-5-2-3-8-16(14)21/h2-6,8-10,12-13,19,22H,7H2,1H3,(H,23,24)/t12-,13+,19+/m0/s1. The molecular formula is C20H18FNO2. The van der Waals surface area contributed by atoms with E-state index in [1.54, 1.807) is 12.1 Å². The summed E-state index contributed by atoms with van der Waals surface area (Å²) in [7, 11) is 0. The minimum atomic E-state index is -0.920. The van der Waals surface area contributed by atoms with Crippen molar-refractivity contribution in [1.82, 2.24) is 0 Å². The predicted molar refractivity (Wildman–Crippen MR) is 90.9 cm³/mol. The van der Waals surface area contributed by atoms with Gasteiger partial charge in [-0.2, -0.15) is 0 Å². The van der Waals surface area contributed by atoms with Crippen LogP contribution in [0.1, 0.15) is 45.4 Å². The van der Waals surface area contributed by atoms with Crippen molar-refractivity contribution in [2.24, 2.45) is 5.92 Å². The van der Waals surface area contributed by atoms with Crippen molar-refractivity contribution in [1.29, 1.82) is 0 Å². The Balaban J connectivity index is 1.90. The number of hydrogen-bond acceptors (Lipinski definition) is 2. The molecule has 1 aliphatic carbocycles. The molecule has 1 heterocycles. The van der Waals surface area contributed by atoms with Crippen LogP contribution in [0.25, 0.3) is 0 Å². The smallest absolute Gasteiger partial charge is 0.336 e. The van der Waals surface area contributed by atoms with Crippen molar-refractivity contribution in [3.05, 3.63) is 76.6 Å². The number of carboxylic acids is 1. The van der Waals surface area contributed by atoms with Gasteiger partial charge in [-0.1, -0.05) is 36.4 Å². The number of fused-ring (bicyclic) bond motifs is 3. The molecule has 3 atom stereocenters. The lowest BCUT2D eigenvalue weighted by Gasteiger charge is -2.39. The Morgan fingerprint density at radius 1 is 1.25 bits per heavy atom. The van der Waals surface area contributed by atoms with Crippen molar-refractivity contribution in [3.8, 4) is 0 Å². The first-order valence-corrected chi connectivity index (χ1v) is 8.12. The first-order valence-electron chi connectivity index (χ1n) is 8.12. The molecule has 0 fully saturated rings. The molecule has 2 aliphatic rings. The Kier molecular flexibility index (Phi) is 3.41. The average molecular weight is 323 g/mol. The van der Waals surface area contributed by atoms with Gasteiger partial charge in [0, 0.05) is 17.2 Å². The molecule has 24 heavy (non-hydrogen) atoms. The Morgan fingerprint density at radius 3 is 2.79 bits per heavy atom. The van der Waals surface area contributed by atoms with Crippen LogP contribution in [-0.2, 0) is 0 Å². The highest BCUT2D eigenvalue weighted by Gasteiger charge is 2.41. The van der Waals surface area contributed by atoms with Crippen molar-refractivity contribution < 1.29 is 14.3 Å². The monoisotopic (exact) mass is 323 g/mol. The molecule has 0 aromatic heterocycles. The number of allylic oxidation sites excluding steroid dienone is 2. The van der Waals surface area contributed by atoms with E-state index in [9.17, 15) is 14.3 Å². The van der Waals surface area contributed by atoms with Crippen LogP contribution in [-0.4, -0.2) is 11.1 Å². The number of halogens is 1. The van der Waals surface area contributed by atoms with Gasteiger partial charge in [0.2, 0.25) is 0 Å². The average Bonchev–Trinajstić information content (AvgIpc) is 3.05. The largest absolute Gasteiger partial charge is 0.478 e. The van der Waals surface area contributed by atoms with Gasteiger partial charge in [0.25, 0.3) is 0 Å². The number of benzene rings is 2. The zero-order valence-corrected chi connectivity index (χ0v) is 13.3. The number of nitrogens with one attached hydrogen (secondary N) is 1. The second-order valence-electron chi connectivity index (χ2n) is 6.52. The second kappa shape index (κ2) is 5.48. The van der Waals surface area contributed by atoms with Crippen LogP contribution in [0, 0.1) is 18.7 Å². The molecule has 2 aromatic rings. The van der Waals surface area contributed by atoms with E-state index in [4.69, 9.17) is 0 Å². The number of aryl methyl sites for hydroxylation is 1. The van der Waals surface area contributed by atoms with Crippen LogP contribution in [0.2, 0.25) is 0 Å². The summed E-state index contributed by atoms with van der Waals surface area (Å²) in [6.07, 6.45) is 4.96. The van der Waals surface area contributed by atoms with E-state index in [2.05, 4.69) is 17.5 Å². The maximum Gasteiger partial charge on any atom is 0.336 e. The van der Waals surface area contributed by atoms with E-state index >= 15 is 0 Å². The van der Waals surface area contributed by atoms with Gasteiger partial charge in [0.05, 0.1) is 11.6 Å². The summed E-state index contributed by atoms with van der Waals surface area (Å²) in [6, 6.07) is 10.1. The van der Waals surface area contributed by atoms with Gasteiger partial charge in [-0.05, 0) is 42.5 Å². The van der Waals surface area contributed by atoms with Crippen LogP contribution >= 0.6 is 0 Å². The lowest BCUT2D eigenvalue weighted by molar-refractivity contribution is 0.0695. The van der Waals surface area contributed by atoms with E-state index in [-0.39, 0.29) is 23.7 Å². The van der Waals surface area contributed by atoms with Crippen LogP contribution in [0.5, 0.6) is 0 Å². The second-order valence-corrected chi connectivity index (χ2v) is 6.52. The molecule has 1 aliphatic heterocycles. The molecule has 0 amide bonds. The fourth-order valence-electron chi connectivity index (χ4n) is 4.08. The van der Waals surface area contributed by atoms with E-state index in [1.807, 2.05) is 25.1 Å². The van der Waals surface area contributed by atoms with Crippen molar-refractivity contribution in [2.75, 3.05) is 5.32 Å². The van der Waals surface area contributed by atoms with Gasteiger partial charge in [-0.15, -0.1) is 0 Å². The highest BCUT2D eigenvalue weighted by atomic mass is 19.1. The SMILES string of the molecule is Cc1ccc(C(=O)O)c2c1N[C@@H](c1ccccc1F)[C@@H]1CC=C[C@H]21. The molecule has 0 spiro atoms. The van der Waals surface area contributed by atoms with Gasteiger partial charge < -0.3 is 10.4 Å². The molecule has 3 nitrogen and oxygen atoms in total. The number of rotatable bonds is 2. The topological polar surface area (TPSA) is 49.3 Å². The maximum atomic E-state index is 14.4. The first-order chi connectivity index (χ1) is 11.6. The quantitative estimate of drug-likeness (QED) is 0.790. The summed E-state index contributed by atoms with van der Waals surface area (Å²) in [5.74, 6) is -1.03. The third-order valence-corrected chi connectivity index (χ3v) is 5.20. The van der Waals surface area contributed by atoms with Crippen LogP contribution in [0.15, 0.2) is 48.6 Å². The molecule has 4 rings (SSSR count). The van der Waals surface area contributed by atoms with Gasteiger partial charge in [-0.3, -0.25) is 0 Å². The highest BCUT2D eigenvalue weighted by Crippen LogP contribution is 2.51. The third kappa shape index (κ3) is 2.13. The lowest BCUT2D eigenvalue weighted by atomic mass is 9.74. The normalized spacial score (nSPS) is 24.2. The third-order valence-electron chi connectivity index (χ3n) is 5.20. The Hall–Kier alpha value is -2.62. The lowest BCUT2D eigenvalue weighted by Crippen LogP contribution is -2.31. The molecule has 122 valence electrons. The summed E-state index contributed by atoms with van der Waals surface area (Å²) < 4.78 is 14.4. The zero-order valence-electron chi connectivity index (χ0n) is 13.3. The van der Waals surface area contributed by atoms with Crippen LogP contribution < -0.4 is 5.32 Å². The number of anilines is 1. The summed E-state index contributed by atoms with van der Waals surface area (Å²) in [5, 5.41) is 13.0. The molecule has 0 saturated carbocycles. The number of hydrogen-bond donors (Lipinski definition) is 2. The van der Waals surface area contributed by atoms with Crippen molar-refractivity contribution in [2.45, 2.75) is 25.3 Å². The Labute approximate surface area is 139 Å². The summed E-state index contributed by atoms with van der Waals surface area (Å²) in [5.41, 5.74) is 3.61. The van der Waals surface area contributed by atoms with E-state index < -0.39 is 5.97 Å². The van der Waals surface area contributed by atoms with Crippen LogP contribution in [0.3, 0.4) is 0 Å². The van der Waals surface area contributed by atoms with Gasteiger partial charge >= 0.3 is 5.97 Å². The number of carbonyl (C=O) groups is 1. The van der Waals surface area contributed by atoms with Crippen LogP contribution in [0.4, 0.5) is 10.1 Å². The van der Waals surface area contributed by atoms with Crippen molar-refractivity contribution in [3.63, 3.8) is 0 Å². The van der Waals surface area contributed by atoms with E-state index in [1.165, 1.54) is 6.07 Å². The fourth-order valence-corrected chi connectivity index (χ4v) is 4.08. The summed E-state index contributed by atoms with van der Waals surface area (Å²) in [6.45, 7) is 1.95. The highest BCUT2D eigenvalue weighted by molar-refractivity contribution is 5.93. The van der Waals surface area contributed by atoms with E-state index in [0.29, 0.717) is 11.1 Å². The number of aromatic carboxylic acids is 1. The summed E-state index contributed by atoms with van der Waals surface area (Å²) >= 11 is 0. The first kappa shape index (κ1) is 14.9. The zero-order chi connectivity index (χ0) is 16.8. The van der Waals surface area contributed by atoms with Gasteiger partial charge in [0.15, 0.2) is 0 Å². The molecule has 0 saturated heterocycles. The molecule has 0 radical (unpaired) electrons. The fraction of sp³-hybridized carbons (Fsp3) is 0.250. The molecule has 4 heteroatoms. The maximum absolute atomic E-state index is 14.4. The molecular weight excluding hydrogens is 305 g/mol. The number of carboxylic acid groups (broad SMARTS) is 1. The van der Waals surface area contributed by atoms with E-state index in [0.717, 1.165) is 23.2 Å². The Bertz CT molecular complexity index is 859. The molecule has 0 unspecified atom stereocenters. The minimum absolute atomic E-state index is 0.00291. The minimum Gasteiger partial charge on any atom is -0.478 e.